The van der Waals surface area contributed by atoms with Crippen molar-refractivity contribution in [1.29, 1.82) is 0 Å². The van der Waals surface area contributed by atoms with E-state index >= 15 is 0 Å². The van der Waals surface area contributed by atoms with E-state index in [-0.39, 0.29) is 17.1 Å². The molecule has 0 radical (unpaired) electrons. The zero-order chi connectivity index (χ0) is 27.4. The molecule has 3 aromatic rings. The van der Waals surface area contributed by atoms with Crippen LogP contribution in [0.1, 0.15) is 79.6 Å². The maximum atomic E-state index is 13.3. The highest BCUT2D eigenvalue weighted by atomic mass is 16.5. The normalized spacial score (nSPS) is 15.6. The van der Waals surface area contributed by atoms with E-state index in [4.69, 9.17) is 14.2 Å². The number of hydrogen-bond donors (Lipinski definition) is 1. The largest absolute Gasteiger partial charge is 0.507 e. The van der Waals surface area contributed by atoms with E-state index < -0.39 is 0 Å². The minimum Gasteiger partial charge on any atom is -0.507 e. The molecule has 2 aliphatic rings. The predicted octanol–water partition coefficient (Wildman–Crippen LogP) is 7.66. The lowest BCUT2D eigenvalue weighted by molar-refractivity contribution is 0.102. The second-order valence-corrected chi connectivity index (χ2v) is 10.7. The molecular formula is C33H38O5. The molecular weight excluding hydrogens is 476 g/mol. The number of hydrogen-bond acceptors (Lipinski definition) is 5. The summed E-state index contributed by atoms with van der Waals surface area (Å²) in [6.07, 6.45) is 4.52. The molecule has 0 unspecified atom stereocenters. The van der Waals surface area contributed by atoms with Gasteiger partial charge in [-0.3, -0.25) is 4.79 Å². The van der Waals surface area contributed by atoms with Gasteiger partial charge in [0.15, 0.2) is 0 Å². The molecule has 0 atom stereocenters. The van der Waals surface area contributed by atoms with Crippen molar-refractivity contribution in [2.45, 2.75) is 60.0 Å². The van der Waals surface area contributed by atoms with Crippen LogP contribution in [0, 0.1) is 5.41 Å². The van der Waals surface area contributed by atoms with Crippen LogP contribution in [0.15, 0.2) is 65.7 Å². The molecule has 0 spiro atoms. The first-order valence-electron chi connectivity index (χ1n) is 13.1. The number of phenolic OH excluding ortho intramolecular Hbond substituents is 1. The van der Waals surface area contributed by atoms with Crippen LogP contribution in [0.25, 0.3) is 0 Å². The zero-order valence-electron chi connectivity index (χ0n) is 23.3. The molecule has 1 N–H and O–H groups in total. The van der Waals surface area contributed by atoms with Crippen molar-refractivity contribution >= 4 is 5.78 Å². The quantitative estimate of drug-likeness (QED) is 0.277. The number of methoxy groups -OCH3 is 2. The molecule has 0 aromatic heterocycles. The van der Waals surface area contributed by atoms with Crippen molar-refractivity contribution in [3.63, 3.8) is 0 Å². The molecule has 5 heteroatoms. The number of benzene rings is 3. The smallest absolute Gasteiger partial charge is 0.201 e. The van der Waals surface area contributed by atoms with E-state index in [9.17, 15) is 9.90 Å². The van der Waals surface area contributed by atoms with Gasteiger partial charge in [-0.25, -0.2) is 0 Å². The first-order chi connectivity index (χ1) is 18.2. The summed E-state index contributed by atoms with van der Waals surface area (Å²) >= 11 is 0. The highest BCUT2D eigenvalue weighted by molar-refractivity contribution is 6.16. The van der Waals surface area contributed by atoms with Gasteiger partial charge >= 0.3 is 0 Å². The van der Waals surface area contributed by atoms with Crippen LogP contribution in [0.5, 0.6) is 23.0 Å². The summed E-state index contributed by atoms with van der Waals surface area (Å²) < 4.78 is 16.8. The lowest BCUT2D eigenvalue weighted by Gasteiger charge is -2.32. The topological polar surface area (TPSA) is 65.0 Å². The Labute approximate surface area is 226 Å². The molecule has 200 valence electrons. The van der Waals surface area contributed by atoms with E-state index in [0.29, 0.717) is 46.8 Å². The molecule has 0 saturated carbocycles. The average molecular weight is 515 g/mol. The average Bonchev–Trinajstić information content (AvgIpc) is 2.91. The SMILES string of the molecule is CC1=C(C)C(C)(C)CCC1.COc1cc2c(c(OCc3ccccc3)c1)C(=O)c1c(O)ccc(OC)c1C2. The van der Waals surface area contributed by atoms with Crippen LogP contribution in [0.3, 0.4) is 0 Å². The first kappa shape index (κ1) is 27.3. The summed E-state index contributed by atoms with van der Waals surface area (Å²) in [6.45, 7) is 9.59. The molecule has 0 amide bonds. The van der Waals surface area contributed by atoms with Crippen molar-refractivity contribution in [1.82, 2.24) is 0 Å². The van der Waals surface area contributed by atoms with Gasteiger partial charge in [0.05, 0.1) is 25.3 Å². The third kappa shape index (κ3) is 5.57. The zero-order valence-corrected chi connectivity index (χ0v) is 23.3. The van der Waals surface area contributed by atoms with Gasteiger partial charge in [-0.1, -0.05) is 55.3 Å². The summed E-state index contributed by atoms with van der Waals surface area (Å²) in [5.41, 5.74) is 6.89. The Morgan fingerprint density at radius 3 is 2.29 bits per heavy atom. The molecule has 0 bridgehead atoms. The molecule has 5 rings (SSSR count). The molecule has 5 nitrogen and oxygen atoms in total. The highest BCUT2D eigenvalue weighted by Crippen LogP contribution is 2.43. The second kappa shape index (κ2) is 11.3. The highest BCUT2D eigenvalue weighted by Gasteiger charge is 2.32. The van der Waals surface area contributed by atoms with Gasteiger partial charge in [0.2, 0.25) is 5.78 Å². The maximum absolute atomic E-state index is 13.3. The molecule has 0 heterocycles. The number of rotatable bonds is 5. The van der Waals surface area contributed by atoms with Crippen molar-refractivity contribution in [2.75, 3.05) is 14.2 Å². The molecule has 38 heavy (non-hydrogen) atoms. The van der Waals surface area contributed by atoms with Crippen molar-refractivity contribution < 1.29 is 24.1 Å². The second-order valence-electron chi connectivity index (χ2n) is 10.7. The summed E-state index contributed by atoms with van der Waals surface area (Å²) in [5.74, 6) is 1.28. The minimum atomic E-state index is -0.279. The molecule has 0 fully saturated rings. The summed E-state index contributed by atoms with van der Waals surface area (Å²) in [6, 6.07) is 16.4. The molecule has 2 aliphatic carbocycles. The summed E-state index contributed by atoms with van der Waals surface area (Å²) in [4.78, 5) is 13.3. The Kier molecular flexibility index (Phi) is 8.15. The number of carbonyl (C=O) groups excluding carboxylic acids is 1. The lowest BCUT2D eigenvalue weighted by atomic mass is 9.74. The Morgan fingerprint density at radius 2 is 1.66 bits per heavy atom. The van der Waals surface area contributed by atoms with Gasteiger partial charge < -0.3 is 19.3 Å². The van der Waals surface area contributed by atoms with Gasteiger partial charge in [-0.05, 0) is 67.9 Å². The number of fused-ring (bicyclic) bond motifs is 2. The van der Waals surface area contributed by atoms with E-state index in [1.54, 1.807) is 37.5 Å². The van der Waals surface area contributed by atoms with Gasteiger partial charge in [0, 0.05) is 18.1 Å². The third-order valence-electron chi connectivity index (χ3n) is 7.93. The Hall–Kier alpha value is -3.73. The minimum absolute atomic E-state index is 0.0590. The number of carbonyl (C=O) groups is 1. The molecule has 0 aliphatic heterocycles. The van der Waals surface area contributed by atoms with Crippen LogP contribution >= 0.6 is 0 Å². The van der Waals surface area contributed by atoms with E-state index in [0.717, 1.165) is 11.1 Å². The number of ketones is 1. The van der Waals surface area contributed by atoms with E-state index in [1.807, 2.05) is 36.4 Å². The summed E-state index contributed by atoms with van der Waals surface area (Å²) in [5, 5.41) is 10.3. The Balaban J connectivity index is 0.000000283. The monoisotopic (exact) mass is 514 g/mol. The van der Waals surface area contributed by atoms with Crippen molar-refractivity contribution in [2.24, 2.45) is 5.41 Å². The van der Waals surface area contributed by atoms with Crippen LogP contribution in [0.2, 0.25) is 0 Å². The van der Waals surface area contributed by atoms with Gasteiger partial charge in [-0.15, -0.1) is 0 Å². The van der Waals surface area contributed by atoms with Gasteiger partial charge in [-0.2, -0.15) is 0 Å². The van der Waals surface area contributed by atoms with E-state index in [1.165, 1.54) is 25.3 Å². The standard InChI is InChI=1S/C23H20O5.C10H18/c1-26-16-10-15-11-17-19(27-2)9-8-18(24)22(17)23(25)21(15)20(12-16)28-13-14-6-4-3-5-7-14;1-8-6-5-7-10(3,4)9(8)2/h3-10,12,24H,11,13H2,1-2H3;5-7H2,1-4H3. The number of ether oxygens (including phenoxy) is 3. The molecule has 3 aromatic carbocycles. The Bertz CT molecular complexity index is 1350. The van der Waals surface area contributed by atoms with Crippen LogP contribution in [-0.2, 0) is 13.0 Å². The predicted molar refractivity (Wildman–Crippen MR) is 151 cm³/mol. The molecule has 0 saturated heterocycles. The number of phenols is 1. The fraction of sp³-hybridized carbons (Fsp3) is 0.364. The fourth-order valence-electron chi connectivity index (χ4n) is 5.31. The van der Waals surface area contributed by atoms with Crippen molar-refractivity contribution in [3.8, 4) is 23.0 Å². The summed E-state index contributed by atoms with van der Waals surface area (Å²) in [7, 11) is 3.13. The third-order valence-corrected chi connectivity index (χ3v) is 7.93. The van der Waals surface area contributed by atoms with Gasteiger partial charge in [0.25, 0.3) is 0 Å². The first-order valence-corrected chi connectivity index (χ1v) is 13.1. The number of aromatic hydroxyl groups is 1. The Morgan fingerprint density at radius 1 is 0.921 bits per heavy atom. The van der Waals surface area contributed by atoms with Crippen LogP contribution in [-0.4, -0.2) is 25.1 Å². The number of allylic oxidation sites excluding steroid dienone is 2. The maximum Gasteiger partial charge on any atom is 0.201 e. The lowest BCUT2D eigenvalue weighted by Crippen LogP contribution is -2.18. The van der Waals surface area contributed by atoms with Gasteiger partial charge in [0.1, 0.15) is 29.6 Å². The fourth-order valence-corrected chi connectivity index (χ4v) is 5.31. The van der Waals surface area contributed by atoms with Crippen LogP contribution < -0.4 is 14.2 Å². The van der Waals surface area contributed by atoms with E-state index in [2.05, 4.69) is 27.7 Å². The van der Waals surface area contributed by atoms with Crippen LogP contribution in [0.4, 0.5) is 0 Å². The van der Waals surface area contributed by atoms with Crippen molar-refractivity contribution in [3.05, 3.63) is 93.6 Å².